The summed E-state index contributed by atoms with van der Waals surface area (Å²) in [6, 6.07) is 10.9. The Bertz CT molecular complexity index is 1060. The minimum atomic E-state index is -4.84. The third kappa shape index (κ3) is 5.25. The first-order valence-electron chi connectivity index (χ1n) is 9.59. The highest BCUT2D eigenvalue weighted by atomic mass is 32.2. The number of sulfonamides is 1. The molecule has 2 aromatic rings. The topological polar surface area (TPSA) is 86.7 Å². The zero-order chi connectivity index (χ0) is 23.0. The minimum absolute atomic E-state index is 0.0393. The molecule has 1 saturated carbocycles. The van der Waals surface area contributed by atoms with E-state index in [0.717, 1.165) is 25.0 Å². The van der Waals surface area contributed by atoms with Gasteiger partial charge in [-0.05, 0) is 55.2 Å². The first kappa shape index (κ1) is 23.2. The van der Waals surface area contributed by atoms with Crippen LogP contribution in [0.1, 0.15) is 30.9 Å². The van der Waals surface area contributed by atoms with Gasteiger partial charge in [-0.15, -0.1) is 0 Å². The number of carbonyl (C=O) groups excluding carboxylic acids is 1. The monoisotopic (exact) mass is 456 g/mol. The van der Waals surface area contributed by atoms with Crippen molar-refractivity contribution in [1.82, 2.24) is 4.72 Å². The molecule has 3 rings (SSSR count). The third-order valence-electron chi connectivity index (χ3n) is 5.21. The lowest BCUT2D eigenvalue weighted by atomic mass is 9.95. The molecular formula is C21H23F3N2O4S. The lowest BCUT2D eigenvalue weighted by Crippen LogP contribution is -2.39. The largest absolute Gasteiger partial charge is 0.421 e. The van der Waals surface area contributed by atoms with E-state index in [1.807, 2.05) is 0 Å². The molecule has 6 nitrogen and oxygen atoms in total. The summed E-state index contributed by atoms with van der Waals surface area (Å²) in [7, 11) is -2.18. The Morgan fingerprint density at radius 2 is 1.77 bits per heavy atom. The second kappa shape index (κ2) is 8.25. The van der Waals surface area contributed by atoms with Gasteiger partial charge in [-0.25, -0.2) is 13.1 Å². The van der Waals surface area contributed by atoms with Crippen LogP contribution in [-0.4, -0.2) is 38.7 Å². The maximum absolute atomic E-state index is 13.0. The van der Waals surface area contributed by atoms with Crippen LogP contribution < -0.4 is 9.62 Å². The van der Waals surface area contributed by atoms with Crippen molar-refractivity contribution in [3.63, 3.8) is 0 Å². The number of halogens is 3. The van der Waals surface area contributed by atoms with E-state index in [4.69, 9.17) is 0 Å². The molecule has 2 N–H and O–H groups in total. The first-order chi connectivity index (χ1) is 14.3. The van der Waals surface area contributed by atoms with Gasteiger partial charge in [0.15, 0.2) is 5.60 Å². The van der Waals surface area contributed by atoms with Crippen molar-refractivity contribution in [1.29, 1.82) is 0 Å². The number of alkyl halides is 3. The van der Waals surface area contributed by atoms with Crippen molar-refractivity contribution >= 4 is 21.6 Å². The van der Waals surface area contributed by atoms with Crippen LogP contribution in [0.3, 0.4) is 0 Å². The number of benzene rings is 2. The average molecular weight is 456 g/mol. The Kier molecular flexibility index (Phi) is 6.18. The maximum Gasteiger partial charge on any atom is 0.421 e. The highest BCUT2D eigenvalue weighted by Crippen LogP contribution is 2.38. The normalized spacial score (nSPS) is 16.6. The van der Waals surface area contributed by atoms with Crippen LogP contribution in [-0.2, 0) is 26.8 Å². The van der Waals surface area contributed by atoms with E-state index in [1.54, 1.807) is 12.1 Å². The summed E-state index contributed by atoms with van der Waals surface area (Å²) in [5.41, 5.74) is -2.52. The molecule has 1 aliphatic rings. The summed E-state index contributed by atoms with van der Waals surface area (Å²) in [4.78, 5) is 14.0. The van der Waals surface area contributed by atoms with Gasteiger partial charge in [-0.2, -0.15) is 13.2 Å². The van der Waals surface area contributed by atoms with Gasteiger partial charge in [0.2, 0.25) is 15.9 Å². The summed E-state index contributed by atoms with van der Waals surface area (Å²) in [5, 5.41) is 9.75. The number of carbonyl (C=O) groups is 1. The fourth-order valence-corrected chi connectivity index (χ4v) is 4.30. The zero-order valence-corrected chi connectivity index (χ0v) is 17.8. The molecule has 1 aliphatic carbocycles. The van der Waals surface area contributed by atoms with Crippen molar-refractivity contribution in [3.8, 4) is 0 Å². The van der Waals surface area contributed by atoms with E-state index >= 15 is 0 Å². The molecule has 0 heterocycles. The molecule has 0 radical (unpaired) electrons. The van der Waals surface area contributed by atoms with Crippen molar-refractivity contribution in [2.24, 2.45) is 0 Å². The van der Waals surface area contributed by atoms with Gasteiger partial charge in [0, 0.05) is 18.8 Å². The van der Waals surface area contributed by atoms with E-state index in [-0.39, 0.29) is 28.8 Å². The molecule has 1 fully saturated rings. The van der Waals surface area contributed by atoms with Gasteiger partial charge in [0.05, 0.1) is 11.3 Å². The molecule has 1 atom stereocenters. The predicted molar refractivity (Wildman–Crippen MR) is 109 cm³/mol. The van der Waals surface area contributed by atoms with Crippen LogP contribution in [0.15, 0.2) is 53.4 Å². The quantitative estimate of drug-likeness (QED) is 0.671. The number of likely N-dealkylation sites (N-methyl/N-ethyl adjacent to an activating group) is 1. The van der Waals surface area contributed by atoms with Crippen LogP contribution in [0.25, 0.3) is 0 Å². The smallest absolute Gasteiger partial charge is 0.376 e. The van der Waals surface area contributed by atoms with Crippen LogP contribution in [0, 0.1) is 0 Å². The number of nitrogens with zero attached hydrogens (tertiary/aromatic N) is 1. The standard InChI is InChI=1S/C21H23F3N2O4S/c1-20(28,21(22,23)24)15-6-10-17(11-7-15)26(2)19(27)13-14-4-3-5-18(12-14)31(29,30)25-16-8-9-16/h3-7,10-12,16,25,28H,8-9,13H2,1-2H3. The number of nitrogens with one attached hydrogen (secondary N) is 1. The lowest BCUT2D eigenvalue weighted by molar-refractivity contribution is -0.258. The van der Waals surface area contributed by atoms with Gasteiger partial charge >= 0.3 is 6.18 Å². The molecule has 0 bridgehead atoms. The van der Waals surface area contributed by atoms with E-state index in [1.165, 1.54) is 36.2 Å². The second-order valence-electron chi connectivity index (χ2n) is 7.79. The Labute approximate surface area is 178 Å². The van der Waals surface area contributed by atoms with Gasteiger partial charge < -0.3 is 10.0 Å². The molecule has 1 amide bonds. The van der Waals surface area contributed by atoms with Crippen molar-refractivity contribution in [2.75, 3.05) is 11.9 Å². The minimum Gasteiger partial charge on any atom is -0.376 e. The molecule has 1 unspecified atom stereocenters. The lowest BCUT2D eigenvalue weighted by Gasteiger charge is -2.27. The summed E-state index contributed by atoms with van der Waals surface area (Å²) in [6.07, 6.45) is -3.32. The molecule has 0 aromatic heterocycles. The van der Waals surface area contributed by atoms with Crippen LogP contribution in [0.5, 0.6) is 0 Å². The Morgan fingerprint density at radius 3 is 2.32 bits per heavy atom. The predicted octanol–water partition coefficient (Wildman–Crippen LogP) is 3.10. The van der Waals surface area contributed by atoms with Gasteiger partial charge in [-0.3, -0.25) is 4.79 Å². The Hall–Kier alpha value is -2.43. The SMILES string of the molecule is CN(C(=O)Cc1cccc(S(=O)(=O)NC2CC2)c1)c1ccc(C(C)(O)C(F)(F)F)cc1. The number of rotatable bonds is 7. The fraction of sp³-hybridized carbons (Fsp3) is 0.381. The maximum atomic E-state index is 13.0. The van der Waals surface area contributed by atoms with E-state index in [0.29, 0.717) is 18.2 Å². The Balaban J connectivity index is 1.72. The number of anilines is 1. The number of aliphatic hydroxyl groups is 1. The van der Waals surface area contributed by atoms with Gasteiger partial charge in [0.1, 0.15) is 0 Å². The van der Waals surface area contributed by atoms with Crippen LogP contribution >= 0.6 is 0 Å². The van der Waals surface area contributed by atoms with E-state index in [9.17, 15) is 31.5 Å². The fourth-order valence-electron chi connectivity index (χ4n) is 2.92. The van der Waals surface area contributed by atoms with Crippen molar-refractivity contribution in [3.05, 3.63) is 59.7 Å². The van der Waals surface area contributed by atoms with Crippen molar-refractivity contribution < 1.29 is 31.5 Å². The van der Waals surface area contributed by atoms with Gasteiger partial charge in [0.25, 0.3) is 0 Å². The highest BCUT2D eigenvalue weighted by molar-refractivity contribution is 7.89. The molecule has 2 aromatic carbocycles. The third-order valence-corrected chi connectivity index (χ3v) is 6.72. The van der Waals surface area contributed by atoms with E-state index < -0.39 is 21.8 Å². The summed E-state index contributed by atoms with van der Waals surface area (Å²) < 4.78 is 66.2. The number of amides is 1. The molecule has 31 heavy (non-hydrogen) atoms. The molecule has 168 valence electrons. The Morgan fingerprint density at radius 1 is 1.16 bits per heavy atom. The van der Waals surface area contributed by atoms with Crippen molar-refractivity contribution in [2.45, 2.75) is 48.9 Å². The van der Waals surface area contributed by atoms with Gasteiger partial charge in [-0.1, -0.05) is 24.3 Å². The number of hydrogen-bond acceptors (Lipinski definition) is 4. The molecule has 0 saturated heterocycles. The molecule has 0 spiro atoms. The zero-order valence-electron chi connectivity index (χ0n) is 17.0. The van der Waals surface area contributed by atoms with Crippen LogP contribution in [0.4, 0.5) is 18.9 Å². The van der Waals surface area contributed by atoms with E-state index in [2.05, 4.69) is 4.72 Å². The number of hydrogen-bond donors (Lipinski definition) is 2. The van der Waals surface area contributed by atoms with Crippen LogP contribution in [0.2, 0.25) is 0 Å². The summed E-state index contributed by atoms with van der Waals surface area (Å²) >= 11 is 0. The molecule has 10 heteroatoms. The first-order valence-corrected chi connectivity index (χ1v) is 11.1. The molecule has 0 aliphatic heterocycles. The summed E-state index contributed by atoms with van der Waals surface area (Å²) in [5.74, 6) is -0.375. The highest BCUT2D eigenvalue weighted by Gasteiger charge is 2.51. The average Bonchev–Trinajstić information content (AvgIpc) is 3.50. The molecular weight excluding hydrogens is 433 g/mol. The second-order valence-corrected chi connectivity index (χ2v) is 9.50. The summed E-state index contributed by atoms with van der Waals surface area (Å²) in [6.45, 7) is 0.663.